The second-order valence-electron chi connectivity index (χ2n) is 9.73. The van der Waals surface area contributed by atoms with Crippen LogP contribution in [0.3, 0.4) is 0 Å². The molecule has 0 bridgehead atoms. The van der Waals surface area contributed by atoms with Crippen molar-refractivity contribution in [3.8, 4) is 0 Å². The number of benzene rings is 5. The largest absolute Gasteiger partial charge is 0.478 e. The summed E-state index contributed by atoms with van der Waals surface area (Å²) in [5, 5.41) is 25.1. The zero-order chi connectivity index (χ0) is 30.5. The van der Waals surface area contributed by atoms with Gasteiger partial charge in [0.25, 0.3) is 5.91 Å². The number of hydrogen-bond donors (Lipinski definition) is 4. The Morgan fingerprint density at radius 1 is 0.698 bits per heavy atom. The quantitative estimate of drug-likeness (QED) is 0.133. The molecule has 4 N–H and O–H groups in total. The van der Waals surface area contributed by atoms with Crippen LogP contribution in [-0.2, 0) is 4.79 Å². The molecule has 0 spiro atoms. The van der Waals surface area contributed by atoms with E-state index in [1.54, 1.807) is 67.6 Å². The van der Waals surface area contributed by atoms with Crippen molar-refractivity contribution in [1.29, 1.82) is 0 Å². The minimum absolute atomic E-state index is 0.0464. The van der Waals surface area contributed by atoms with E-state index in [1.165, 1.54) is 30.0 Å². The van der Waals surface area contributed by atoms with Gasteiger partial charge in [0.2, 0.25) is 5.91 Å². The van der Waals surface area contributed by atoms with E-state index in [0.717, 1.165) is 16.0 Å². The maximum atomic E-state index is 13.5. The fourth-order valence-electron chi connectivity index (χ4n) is 4.65. The number of aromatic carboxylic acids is 2. The van der Waals surface area contributed by atoms with Crippen molar-refractivity contribution >= 4 is 57.7 Å². The number of carboxylic acids is 2. The van der Waals surface area contributed by atoms with Crippen LogP contribution in [0, 0.1) is 6.92 Å². The number of carboxylic acid groups (broad SMARTS) is 2. The summed E-state index contributed by atoms with van der Waals surface area (Å²) in [6, 6.07) is 30.7. The average molecular weight is 591 g/mol. The molecule has 1 atom stereocenters. The van der Waals surface area contributed by atoms with Crippen molar-refractivity contribution in [2.75, 3.05) is 10.6 Å². The van der Waals surface area contributed by atoms with E-state index in [-0.39, 0.29) is 22.6 Å². The van der Waals surface area contributed by atoms with Crippen molar-refractivity contribution < 1.29 is 29.4 Å². The molecule has 2 amide bonds. The molecule has 43 heavy (non-hydrogen) atoms. The summed E-state index contributed by atoms with van der Waals surface area (Å²) >= 11 is 1.31. The number of nitrogens with one attached hydrogen (secondary N) is 2. The smallest absolute Gasteiger partial charge is 0.336 e. The molecule has 0 fully saturated rings. The van der Waals surface area contributed by atoms with E-state index < -0.39 is 23.1 Å². The number of fused-ring (bicyclic) bond motifs is 1. The van der Waals surface area contributed by atoms with Crippen LogP contribution in [0.1, 0.15) is 47.5 Å². The van der Waals surface area contributed by atoms with Gasteiger partial charge in [0.05, 0.1) is 11.1 Å². The lowest BCUT2D eigenvalue weighted by molar-refractivity contribution is -0.115. The zero-order valence-corrected chi connectivity index (χ0v) is 23.7. The molecule has 214 valence electrons. The molecule has 0 aliphatic heterocycles. The van der Waals surface area contributed by atoms with Gasteiger partial charge >= 0.3 is 11.9 Å². The molecule has 0 aliphatic carbocycles. The van der Waals surface area contributed by atoms with E-state index in [1.807, 2.05) is 30.3 Å². The Balaban J connectivity index is 1.36. The van der Waals surface area contributed by atoms with E-state index in [9.17, 15) is 29.4 Å². The van der Waals surface area contributed by atoms with Gasteiger partial charge in [0, 0.05) is 27.2 Å². The molecule has 0 heterocycles. The Bertz CT molecular complexity index is 1850. The lowest BCUT2D eigenvalue weighted by Gasteiger charge is -2.18. The van der Waals surface area contributed by atoms with Crippen LogP contribution in [0.2, 0.25) is 0 Å². The minimum atomic E-state index is -1.12. The molecule has 0 aromatic heterocycles. The van der Waals surface area contributed by atoms with Crippen LogP contribution in [0.5, 0.6) is 0 Å². The van der Waals surface area contributed by atoms with Gasteiger partial charge in [-0.2, -0.15) is 0 Å². The van der Waals surface area contributed by atoms with Crippen LogP contribution in [-0.4, -0.2) is 34.0 Å². The molecular formula is C34H26N2O6S. The lowest BCUT2D eigenvalue weighted by atomic mass is 9.98. The highest BCUT2D eigenvalue weighted by atomic mass is 32.2. The molecule has 0 saturated heterocycles. The average Bonchev–Trinajstić information content (AvgIpc) is 3.01. The predicted octanol–water partition coefficient (Wildman–Crippen LogP) is 7.27. The summed E-state index contributed by atoms with van der Waals surface area (Å²) in [4.78, 5) is 50.7. The van der Waals surface area contributed by atoms with Crippen molar-refractivity contribution in [1.82, 2.24) is 0 Å². The molecule has 0 aliphatic rings. The third kappa shape index (κ3) is 6.58. The van der Waals surface area contributed by atoms with Gasteiger partial charge in [-0.3, -0.25) is 9.59 Å². The Hall–Kier alpha value is -5.41. The number of hydrogen-bond acceptors (Lipinski definition) is 5. The molecular weight excluding hydrogens is 564 g/mol. The van der Waals surface area contributed by atoms with Gasteiger partial charge in [-0.25, -0.2) is 9.59 Å². The molecule has 0 saturated carbocycles. The first-order valence-corrected chi connectivity index (χ1v) is 14.1. The van der Waals surface area contributed by atoms with Crippen molar-refractivity contribution in [2.24, 2.45) is 0 Å². The van der Waals surface area contributed by atoms with Crippen molar-refractivity contribution in [2.45, 2.75) is 17.1 Å². The first-order valence-electron chi connectivity index (χ1n) is 13.2. The van der Waals surface area contributed by atoms with Crippen LogP contribution in [0.15, 0.2) is 114 Å². The van der Waals surface area contributed by atoms with Crippen molar-refractivity contribution in [3.63, 3.8) is 0 Å². The van der Waals surface area contributed by atoms with Crippen LogP contribution < -0.4 is 10.6 Å². The topological polar surface area (TPSA) is 133 Å². The molecule has 9 heteroatoms. The number of anilines is 2. The third-order valence-electron chi connectivity index (χ3n) is 6.83. The zero-order valence-electron chi connectivity index (χ0n) is 22.9. The van der Waals surface area contributed by atoms with E-state index in [0.29, 0.717) is 22.1 Å². The van der Waals surface area contributed by atoms with Crippen molar-refractivity contribution in [3.05, 3.63) is 137 Å². The van der Waals surface area contributed by atoms with Crippen LogP contribution in [0.25, 0.3) is 10.8 Å². The van der Waals surface area contributed by atoms with Gasteiger partial charge < -0.3 is 20.8 Å². The SMILES string of the molecule is Cc1ccc(C(=O)O)cc1NC(=O)C(Sc1ccc(NC(=O)c2cccc3cccc(C(=O)O)c23)cc1)c1ccccc1. The number of aryl methyl sites for hydroxylation is 1. The molecule has 1 unspecified atom stereocenters. The Morgan fingerprint density at radius 3 is 2.02 bits per heavy atom. The summed E-state index contributed by atoms with van der Waals surface area (Å²) < 4.78 is 0. The minimum Gasteiger partial charge on any atom is -0.478 e. The Morgan fingerprint density at radius 2 is 1.37 bits per heavy atom. The fourth-order valence-corrected chi connectivity index (χ4v) is 5.67. The monoisotopic (exact) mass is 590 g/mol. The van der Waals surface area contributed by atoms with E-state index >= 15 is 0 Å². The maximum Gasteiger partial charge on any atom is 0.336 e. The first kappa shape index (κ1) is 29.1. The molecule has 8 nitrogen and oxygen atoms in total. The highest BCUT2D eigenvalue weighted by Gasteiger charge is 2.23. The number of rotatable bonds is 9. The van der Waals surface area contributed by atoms with Gasteiger partial charge in [0.15, 0.2) is 0 Å². The third-order valence-corrected chi connectivity index (χ3v) is 8.09. The lowest BCUT2D eigenvalue weighted by Crippen LogP contribution is -2.20. The Kier molecular flexibility index (Phi) is 8.54. The molecule has 5 rings (SSSR count). The predicted molar refractivity (Wildman–Crippen MR) is 167 cm³/mol. The summed E-state index contributed by atoms with van der Waals surface area (Å²) in [6.07, 6.45) is 0. The molecule has 0 radical (unpaired) electrons. The standard InChI is InChI=1S/C34H26N2O6S/c1-20-13-14-23(33(39)40)19-28(20)36-32(38)30(22-7-3-2-4-8-22)43-25-17-15-24(16-18-25)35-31(37)26-11-5-9-21-10-6-12-27(29(21)26)34(41)42/h2-19,30H,1H3,(H,35,37)(H,36,38)(H,39,40)(H,41,42). The molecule has 5 aromatic carbocycles. The number of carbonyl (C=O) groups is 4. The summed E-state index contributed by atoms with van der Waals surface area (Å²) in [5.74, 6) is -2.96. The van der Waals surface area contributed by atoms with Crippen LogP contribution in [0.4, 0.5) is 11.4 Å². The van der Waals surface area contributed by atoms with E-state index in [2.05, 4.69) is 10.6 Å². The second kappa shape index (κ2) is 12.6. The summed E-state index contributed by atoms with van der Waals surface area (Å²) in [6.45, 7) is 1.79. The number of amides is 2. The number of thioether (sulfide) groups is 1. The highest BCUT2D eigenvalue weighted by molar-refractivity contribution is 8.00. The second-order valence-corrected chi connectivity index (χ2v) is 10.9. The number of carbonyl (C=O) groups excluding carboxylic acids is 2. The van der Waals surface area contributed by atoms with Crippen LogP contribution >= 0.6 is 11.8 Å². The maximum absolute atomic E-state index is 13.5. The Labute approximate surface area is 251 Å². The van der Waals surface area contributed by atoms with Gasteiger partial charge in [-0.1, -0.05) is 60.7 Å². The highest BCUT2D eigenvalue weighted by Crippen LogP contribution is 2.37. The normalized spacial score (nSPS) is 11.5. The molecule has 5 aromatic rings. The van der Waals surface area contributed by atoms with E-state index in [4.69, 9.17) is 0 Å². The fraction of sp³-hybridized carbons (Fsp3) is 0.0588. The van der Waals surface area contributed by atoms with Gasteiger partial charge in [-0.05, 0) is 72.0 Å². The first-order chi connectivity index (χ1) is 20.7. The van der Waals surface area contributed by atoms with Gasteiger partial charge in [-0.15, -0.1) is 11.8 Å². The van der Waals surface area contributed by atoms with Gasteiger partial charge in [0.1, 0.15) is 5.25 Å². The summed E-state index contributed by atoms with van der Waals surface area (Å²) in [7, 11) is 0. The summed E-state index contributed by atoms with van der Waals surface area (Å²) in [5.41, 5.74) is 2.79.